The van der Waals surface area contributed by atoms with Crippen molar-refractivity contribution in [2.24, 2.45) is 4.99 Å². The Hall–Kier alpha value is -2.74. The Morgan fingerprint density at radius 3 is 2.40 bits per heavy atom. The molecule has 0 aromatic heterocycles. The van der Waals surface area contributed by atoms with Crippen molar-refractivity contribution in [1.82, 2.24) is 9.62 Å². The maximum Gasteiger partial charge on any atom is 0.243 e. The van der Waals surface area contributed by atoms with Crippen LogP contribution in [-0.4, -0.2) is 57.4 Å². The van der Waals surface area contributed by atoms with Crippen LogP contribution in [0.1, 0.15) is 0 Å². The molecular weight excluding hydrogens is 422 g/mol. The molecule has 158 valence electrons. The molecule has 2 aromatic carbocycles. The monoisotopic (exact) mass is 445 g/mol. The van der Waals surface area contributed by atoms with E-state index in [0.29, 0.717) is 37.0 Å². The van der Waals surface area contributed by atoms with E-state index in [9.17, 15) is 8.42 Å². The van der Waals surface area contributed by atoms with E-state index >= 15 is 0 Å². The number of nitrogens with one attached hydrogen (secondary N) is 1. The lowest BCUT2D eigenvalue weighted by Gasteiger charge is -2.35. The summed E-state index contributed by atoms with van der Waals surface area (Å²) in [6, 6.07) is 14.1. The van der Waals surface area contributed by atoms with Crippen LogP contribution in [0, 0.1) is 11.5 Å². The van der Waals surface area contributed by atoms with Gasteiger partial charge in [-0.25, -0.2) is 13.4 Å². The van der Waals surface area contributed by atoms with Crippen LogP contribution in [-0.2, 0) is 10.0 Å². The topological polar surface area (TPSA) is 98.0 Å². The molecule has 0 atom stereocenters. The smallest absolute Gasteiger partial charge is 0.243 e. The Kier molecular flexibility index (Phi) is 7.20. The van der Waals surface area contributed by atoms with Crippen molar-refractivity contribution in [3.63, 3.8) is 0 Å². The highest BCUT2D eigenvalue weighted by Gasteiger charge is 2.29. The molecule has 1 fully saturated rings. The van der Waals surface area contributed by atoms with Gasteiger partial charge in [0, 0.05) is 26.2 Å². The summed E-state index contributed by atoms with van der Waals surface area (Å²) in [6.45, 7) is 1.95. The van der Waals surface area contributed by atoms with Crippen LogP contribution in [0.15, 0.2) is 58.4 Å². The van der Waals surface area contributed by atoms with Gasteiger partial charge in [0.05, 0.1) is 23.4 Å². The second-order valence-corrected chi connectivity index (χ2v) is 9.15. The summed E-state index contributed by atoms with van der Waals surface area (Å²) < 4.78 is 33.0. The Balaban J connectivity index is 1.70. The number of sulfonamides is 1. The number of ether oxygens (including phenoxy) is 1. The molecule has 1 saturated heterocycles. The summed E-state index contributed by atoms with van der Waals surface area (Å²) in [7, 11) is -1.96. The Labute approximate surface area is 181 Å². The summed E-state index contributed by atoms with van der Waals surface area (Å²) in [5, 5.41) is 11.6. The quantitative estimate of drug-likeness (QED) is 0.327. The number of hydrogen-bond donors (Lipinski definition) is 1. The van der Waals surface area contributed by atoms with Crippen molar-refractivity contribution >= 4 is 38.3 Å². The molecule has 8 nitrogen and oxygen atoms in total. The first-order chi connectivity index (χ1) is 14.5. The van der Waals surface area contributed by atoms with Crippen molar-refractivity contribution < 1.29 is 13.2 Å². The van der Waals surface area contributed by atoms with E-state index in [1.54, 1.807) is 37.6 Å². The predicted octanol–water partition coefficient (Wildman–Crippen LogP) is 2.63. The van der Waals surface area contributed by atoms with E-state index in [4.69, 9.17) is 10.00 Å². The molecule has 0 radical (unpaired) electrons. The average Bonchev–Trinajstić information content (AvgIpc) is 2.79. The number of anilines is 1. The van der Waals surface area contributed by atoms with Gasteiger partial charge in [0.15, 0.2) is 11.4 Å². The van der Waals surface area contributed by atoms with E-state index in [0.717, 1.165) is 11.4 Å². The SMILES string of the molecule is COc1ccccc1N1CCN(S(=O)(=O)c2ccc(N=C(NC#N)SC)cc2)CC1. The third-order valence-electron chi connectivity index (χ3n) is 4.73. The van der Waals surface area contributed by atoms with Gasteiger partial charge < -0.3 is 9.64 Å². The molecule has 1 N–H and O–H groups in total. The van der Waals surface area contributed by atoms with Gasteiger partial charge in [-0.2, -0.15) is 9.57 Å². The van der Waals surface area contributed by atoms with Crippen LogP contribution in [0.25, 0.3) is 0 Å². The zero-order valence-corrected chi connectivity index (χ0v) is 18.4. The second kappa shape index (κ2) is 9.84. The fraction of sp³-hybridized carbons (Fsp3) is 0.300. The zero-order valence-electron chi connectivity index (χ0n) is 16.8. The summed E-state index contributed by atoms with van der Waals surface area (Å²) in [6.07, 6.45) is 3.62. The number of nitrogens with zero attached hydrogens (tertiary/aromatic N) is 4. The van der Waals surface area contributed by atoms with Gasteiger partial charge >= 0.3 is 0 Å². The van der Waals surface area contributed by atoms with Crippen molar-refractivity contribution in [1.29, 1.82) is 5.26 Å². The molecule has 0 amide bonds. The lowest BCUT2D eigenvalue weighted by molar-refractivity contribution is 0.378. The number of aliphatic imine (C=N–C) groups is 1. The number of rotatable bonds is 5. The van der Waals surface area contributed by atoms with Gasteiger partial charge in [0.1, 0.15) is 5.75 Å². The van der Waals surface area contributed by atoms with E-state index in [2.05, 4.69) is 15.2 Å². The Morgan fingerprint density at radius 2 is 1.80 bits per heavy atom. The third kappa shape index (κ3) is 4.87. The molecule has 0 saturated carbocycles. The highest BCUT2D eigenvalue weighted by Crippen LogP contribution is 2.29. The normalized spacial score (nSPS) is 15.5. The van der Waals surface area contributed by atoms with Crippen LogP contribution < -0.4 is 15.0 Å². The largest absolute Gasteiger partial charge is 0.495 e. The van der Waals surface area contributed by atoms with Crippen molar-refractivity contribution in [3.05, 3.63) is 48.5 Å². The van der Waals surface area contributed by atoms with Gasteiger partial charge in [-0.1, -0.05) is 23.9 Å². The van der Waals surface area contributed by atoms with Crippen LogP contribution in [0.5, 0.6) is 5.75 Å². The molecule has 3 rings (SSSR count). The number of amidine groups is 1. The molecule has 0 spiro atoms. The van der Waals surface area contributed by atoms with Gasteiger partial charge in [-0.05, 0) is 42.7 Å². The van der Waals surface area contributed by atoms with Crippen LogP contribution in [0.2, 0.25) is 0 Å². The number of methoxy groups -OCH3 is 1. The molecule has 30 heavy (non-hydrogen) atoms. The number of piperazine rings is 1. The first kappa shape index (κ1) is 22.0. The zero-order chi connectivity index (χ0) is 21.6. The van der Waals surface area contributed by atoms with Crippen molar-refractivity contribution in [2.75, 3.05) is 44.4 Å². The fourth-order valence-electron chi connectivity index (χ4n) is 3.19. The van der Waals surface area contributed by atoms with E-state index in [1.165, 1.54) is 16.1 Å². The highest BCUT2D eigenvalue weighted by atomic mass is 32.2. The minimum absolute atomic E-state index is 0.228. The maximum atomic E-state index is 13.0. The second-order valence-electron chi connectivity index (χ2n) is 6.41. The first-order valence-corrected chi connectivity index (χ1v) is 11.9. The molecule has 0 bridgehead atoms. The van der Waals surface area contributed by atoms with Crippen molar-refractivity contribution in [2.45, 2.75) is 4.90 Å². The third-order valence-corrected chi connectivity index (χ3v) is 7.22. The number of para-hydroxylation sites is 2. The molecule has 1 aliphatic rings. The summed E-state index contributed by atoms with van der Waals surface area (Å²) in [5.41, 5.74) is 1.54. The lowest BCUT2D eigenvalue weighted by Crippen LogP contribution is -2.48. The number of benzene rings is 2. The summed E-state index contributed by atoms with van der Waals surface area (Å²) >= 11 is 1.30. The Morgan fingerprint density at radius 1 is 1.13 bits per heavy atom. The molecular formula is C20H23N5O3S2. The van der Waals surface area contributed by atoms with Gasteiger partial charge in [0.2, 0.25) is 10.0 Å². The summed E-state index contributed by atoms with van der Waals surface area (Å²) in [4.78, 5) is 6.64. The maximum absolute atomic E-state index is 13.0. The van der Waals surface area contributed by atoms with Gasteiger partial charge in [-0.15, -0.1) is 0 Å². The standard InChI is InChI=1S/C20H23N5O3S2/c1-28-19-6-4-3-5-18(19)24-11-13-25(14-12-24)30(26,27)17-9-7-16(8-10-17)23-20(29-2)22-15-21/h3-10H,11-14H2,1-2H3,(H,22,23). The van der Waals surface area contributed by atoms with Crippen LogP contribution in [0.3, 0.4) is 0 Å². The Bertz CT molecular complexity index is 1040. The summed E-state index contributed by atoms with van der Waals surface area (Å²) in [5.74, 6) is 0.778. The van der Waals surface area contributed by atoms with Gasteiger partial charge in [-0.3, -0.25) is 5.32 Å². The number of hydrogen-bond acceptors (Lipinski definition) is 7. The van der Waals surface area contributed by atoms with Crippen LogP contribution in [0.4, 0.5) is 11.4 Å². The van der Waals surface area contributed by atoms with Gasteiger partial charge in [0.25, 0.3) is 0 Å². The van der Waals surface area contributed by atoms with E-state index in [1.807, 2.05) is 30.5 Å². The number of nitriles is 1. The lowest BCUT2D eigenvalue weighted by atomic mass is 10.2. The average molecular weight is 446 g/mol. The molecule has 1 heterocycles. The predicted molar refractivity (Wildman–Crippen MR) is 120 cm³/mol. The highest BCUT2D eigenvalue weighted by molar-refractivity contribution is 8.13. The van der Waals surface area contributed by atoms with E-state index < -0.39 is 10.0 Å². The minimum Gasteiger partial charge on any atom is -0.495 e. The van der Waals surface area contributed by atoms with Crippen LogP contribution >= 0.6 is 11.8 Å². The minimum atomic E-state index is -3.59. The number of thioether (sulfide) groups is 1. The molecule has 2 aromatic rings. The molecule has 0 unspecified atom stereocenters. The fourth-order valence-corrected chi connectivity index (χ4v) is 4.96. The molecule has 0 aliphatic carbocycles. The molecule has 1 aliphatic heterocycles. The molecule has 10 heteroatoms. The first-order valence-electron chi connectivity index (χ1n) is 9.25. The van der Waals surface area contributed by atoms with E-state index in [-0.39, 0.29) is 4.90 Å². The van der Waals surface area contributed by atoms with Crippen molar-refractivity contribution in [3.8, 4) is 11.9 Å².